The number of hydrogen-bond acceptors (Lipinski definition) is 4. The molecule has 0 rings (SSSR count). The second kappa shape index (κ2) is 23.1. The molecule has 0 amide bonds. The van der Waals surface area contributed by atoms with Gasteiger partial charge in [-0.1, -0.05) is 110 Å². The summed E-state index contributed by atoms with van der Waals surface area (Å²) < 4.78 is 0. The van der Waals surface area contributed by atoms with Crippen molar-refractivity contribution in [3.05, 3.63) is 0 Å². The fourth-order valence-corrected chi connectivity index (χ4v) is 3.89. The van der Waals surface area contributed by atoms with Crippen LogP contribution in [0.4, 0.5) is 0 Å². The van der Waals surface area contributed by atoms with Gasteiger partial charge in [-0.25, -0.2) is 0 Å². The molecule has 0 fully saturated rings. The van der Waals surface area contributed by atoms with Crippen LogP contribution < -0.4 is 0 Å². The minimum Gasteiger partial charge on any atom is -0.395 e. The Morgan fingerprint density at radius 3 is 1.29 bits per heavy atom. The SMILES string of the molecule is CCCCCCCCCCCCCCCCCCC(O)CN(CCO)CCO. The highest BCUT2D eigenvalue weighted by atomic mass is 16.3. The average Bonchev–Trinajstić information content (AvgIpc) is 2.68. The second-order valence-corrected chi connectivity index (χ2v) is 8.49. The van der Waals surface area contributed by atoms with Gasteiger partial charge in [0.25, 0.3) is 0 Å². The smallest absolute Gasteiger partial charge is 0.0667 e. The van der Waals surface area contributed by atoms with Gasteiger partial charge < -0.3 is 15.3 Å². The van der Waals surface area contributed by atoms with Crippen molar-refractivity contribution < 1.29 is 15.3 Å². The van der Waals surface area contributed by atoms with Crippen LogP contribution in [0.3, 0.4) is 0 Å². The molecule has 0 heterocycles. The van der Waals surface area contributed by atoms with Gasteiger partial charge in [-0.15, -0.1) is 0 Å². The third-order valence-corrected chi connectivity index (χ3v) is 5.69. The van der Waals surface area contributed by atoms with Gasteiger partial charge in [0, 0.05) is 19.6 Å². The Labute approximate surface area is 175 Å². The van der Waals surface area contributed by atoms with Crippen LogP contribution in [0.25, 0.3) is 0 Å². The molecule has 170 valence electrons. The maximum Gasteiger partial charge on any atom is 0.0667 e. The van der Waals surface area contributed by atoms with Crippen molar-refractivity contribution in [2.75, 3.05) is 32.8 Å². The molecular formula is C24H51NO3. The van der Waals surface area contributed by atoms with Crippen LogP contribution >= 0.6 is 0 Å². The highest BCUT2D eigenvalue weighted by molar-refractivity contribution is 4.64. The van der Waals surface area contributed by atoms with Crippen molar-refractivity contribution in [3.8, 4) is 0 Å². The summed E-state index contributed by atoms with van der Waals surface area (Å²) in [5, 5.41) is 28.1. The Hall–Kier alpha value is -0.160. The van der Waals surface area contributed by atoms with Gasteiger partial charge in [0.05, 0.1) is 19.3 Å². The first-order chi connectivity index (χ1) is 13.7. The molecule has 0 spiro atoms. The second-order valence-electron chi connectivity index (χ2n) is 8.49. The van der Waals surface area contributed by atoms with Gasteiger partial charge in [0.1, 0.15) is 0 Å². The zero-order chi connectivity index (χ0) is 20.7. The Morgan fingerprint density at radius 2 is 0.929 bits per heavy atom. The maximum atomic E-state index is 10.1. The largest absolute Gasteiger partial charge is 0.395 e. The quantitative estimate of drug-likeness (QED) is 0.204. The summed E-state index contributed by atoms with van der Waals surface area (Å²) in [5.41, 5.74) is 0. The molecule has 0 aromatic rings. The first-order valence-electron chi connectivity index (χ1n) is 12.4. The van der Waals surface area contributed by atoms with E-state index in [1.807, 2.05) is 4.90 Å². The zero-order valence-corrected chi connectivity index (χ0v) is 18.9. The van der Waals surface area contributed by atoms with E-state index < -0.39 is 0 Å². The Bertz CT molecular complexity index is 283. The number of unbranched alkanes of at least 4 members (excludes halogenated alkanes) is 15. The molecule has 0 aromatic carbocycles. The highest BCUT2D eigenvalue weighted by Gasteiger charge is 2.10. The minimum atomic E-state index is -0.343. The van der Waals surface area contributed by atoms with E-state index in [-0.39, 0.29) is 19.3 Å². The van der Waals surface area contributed by atoms with E-state index in [9.17, 15) is 5.11 Å². The van der Waals surface area contributed by atoms with Gasteiger partial charge in [-0.05, 0) is 6.42 Å². The predicted molar refractivity (Wildman–Crippen MR) is 121 cm³/mol. The van der Waals surface area contributed by atoms with Gasteiger partial charge in [0.2, 0.25) is 0 Å². The number of rotatable bonds is 23. The summed E-state index contributed by atoms with van der Waals surface area (Å²) in [7, 11) is 0. The predicted octanol–water partition coefficient (Wildman–Crippen LogP) is 5.29. The van der Waals surface area contributed by atoms with Gasteiger partial charge >= 0.3 is 0 Å². The molecule has 1 unspecified atom stereocenters. The summed E-state index contributed by atoms with van der Waals surface area (Å²) in [6.07, 6.45) is 22.3. The van der Waals surface area contributed by atoms with Crippen molar-refractivity contribution in [3.63, 3.8) is 0 Å². The molecule has 0 aliphatic rings. The van der Waals surface area contributed by atoms with Crippen molar-refractivity contribution >= 4 is 0 Å². The zero-order valence-electron chi connectivity index (χ0n) is 18.9. The average molecular weight is 402 g/mol. The van der Waals surface area contributed by atoms with E-state index in [0.717, 1.165) is 12.8 Å². The highest BCUT2D eigenvalue weighted by Crippen LogP contribution is 2.14. The minimum absolute atomic E-state index is 0.0752. The lowest BCUT2D eigenvalue weighted by Crippen LogP contribution is -2.36. The van der Waals surface area contributed by atoms with Crippen LogP contribution in [0.5, 0.6) is 0 Å². The molecule has 0 aliphatic carbocycles. The van der Waals surface area contributed by atoms with Crippen LogP contribution in [-0.2, 0) is 0 Å². The Kier molecular flexibility index (Phi) is 23.0. The number of aliphatic hydroxyl groups excluding tert-OH is 3. The van der Waals surface area contributed by atoms with Crippen LogP contribution in [0.15, 0.2) is 0 Å². The van der Waals surface area contributed by atoms with E-state index in [2.05, 4.69) is 6.92 Å². The van der Waals surface area contributed by atoms with Crippen molar-refractivity contribution in [1.82, 2.24) is 4.90 Å². The molecule has 0 saturated heterocycles. The molecule has 0 saturated carbocycles. The third kappa shape index (κ3) is 20.6. The van der Waals surface area contributed by atoms with Gasteiger partial charge in [0.15, 0.2) is 0 Å². The summed E-state index contributed by atoms with van der Waals surface area (Å²) in [6.45, 7) is 4.03. The summed E-state index contributed by atoms with van der Waals surface area (Å²) >= 11 is 0. The summed E-state index contributed by atoms with van der Waals surface area (Å²) in [5.74, 6) is 0. The molecule has 0 aromatic heterocycles. The molecule has 4 heteroatoms. The molecule has 28 heavy (non-hydrogen) atoms. The van der Waals surface area contributed by atoms with Crippen molar-refractivity contribution in [2.24, 2.45) is 0 Å². The first kappa shape index (κ1) is 27.8. The van der Waals surface area contributed by atoms with Crippen LogP contribution in [0.1, 0.15) is 116 Å². The molecule has 0 aliphatic heterocycles. The van der Waals surface area contributed by atoms with E-state index in [1.165, 1.54) is 96.3 Å². The molecule has 4 nitrogen and oxygen atoms in total. The number of aliphatic hydroxyl groups is 3. The van der Waals surface area contributed by atoms with E-state index in [4.69, 9.17) is 10.2 Å². The molecular weight excluding hydrogens is 350 g/mol. The van der Waals surface area contributed by atoms with Gasteiger partial charge in [-0.2, -0.15) is 0 Å². The van der Waals surface area contributed by atoms with Crippen molar-refractivity contribution in [2.45, 2.75) is 122 Å². The van der Waals surface area contributed by atoms with Crippen molar-refractivity contribution in [1.29, 1.82) is 0 Å². The topological polar surface area (TPSA) is 63.9 Å². The van der Waals surface area contributed by atoms with E-state index in [1.54, 1.807) is 0 Å². The third-order valence-electron chi connectivity index (χ3n) is 5.69. The summed E-state index contributed by atoms with van der Waals surface area (Å²) in [6, 6.07) is 0. The molecule has 1 atom stereocenters. The maximum absolute atomic E-state index is 10.1. The van der Waals surface area contributed by atoms with E-state index in [0.29, 0.717) is 19.6 Å². The monoisotopic (exact) mass is 401 g/mol. The van der Waals surface area contributed by atoms with Crippen LogP contribution in [-0.4, -0.2) is 59.2 Å². The Balaban J connectivity index is 3.26. The molecule has 0 bridgehead atoms. The normalized spacial score (nSPS) is 12.8. The van der Waals surface area contributed by atoms with Crippen LogP contribution in [0, 0.1) is 0 Å². The fourth-order valence-electron chi connectivity index (χ4n) is 3.89. The molecule has 3 N–H and O–H groups in total. The standard InChI is InChI=1S/C24H51NO3/c1-2-3-4-5-6-7-8-9-10-11-12-13-14-15-16-17-18-24(28)23-25(19-21-26)20-22-27/h24,26-28H,2-23H2,1H3. The first-order valence-corrected chi connectivity index (χ1v) is 12.4. The number of nitrogens with zero attached hydrogens (tertiary/aromatic N) is 1. The van der Waals surface area contributed by atoms with Crippen LogP contribution in [0.2, 0.25) is 0 Å². The molecule has 0 radical (unpaired) electrons. The number of hydrogen-bond donors (Lipinski definition) is 3. The Morgan fingerprint density at radius 1 is 0.571 bits per heavy atom. The lowest BCUT2D eigenvalue weighted by atomic mass is 10.0. The van der Waals surface area contributed by atoms with E-state index >= 15 is 0 Å². The lowest BCUT2D eigenvalue weighted by Gasteiger charge is -2.23. The van der Waals surface area contributed by atoms with Gasteiger partial charge in [-0.3, -0.25) is 4.90 Å². The fraction of sp³-hybridized carbons (Fsp3) is 1.00. The summed E-state index contributed by atoms with van der Waals surface area (Å²) in [4.78, 5) is 1.93. The lowest BCUT2D eigenvalue weighted by molar-refractivity contribution is 0.0809.